The number of aldehydes is 1. The molecule has 2 aliphatic rings. The molecule has 1 aliphatic heterocycles. The summed E-state index contributed by atoms with van der Waals surface area (Å²) >= 11 is 0. The Morgan fingerprint density at radius 3 is 3.15 bits per heavy atom. The number of benzene rings is 1. The first-order chi connectivity index (χ1) is 9.81. The summed E-state index contributed by atoms with van der Waals surface area (Å²) in [6, 6.07) is 7.11. The molecule has 104 valence electrons. The molecule has 0 bridgehead atoms. The molecule has 0 spiro atoms. The lowest BCUT2D eigenvalue weighted by molar-refractivity contribution is -0.113. The van der Waals surface area contributed by atoms with Crippen LogP contribution in [0.15, 0.2) is 24.4 Å². The van der Waals surface area contributed by atoms with E-state index in [1.807, 2.05) is 0 Å². The molecule has 0 saturated carbocycles. The lowest BCUT2D eigenvalue weighted by atomic mass is 9.72. The van der Waals surface area contributed by atoms with Crippen LogP contribution in [0.2, 0.25) is 0 Å². The van der Waals surface area contributed by atoms with Gasteiger partial charge in [0.25, 0.3) is 0 Å². The van der Waals surface area contributed by atoms with E-state index in [0.717, 1.165) is 32.2 Å². The quantitative estimate of drug-likeness (QED) is 0.850. The Labute approximate surface area is 119 Å². The molecule has 1 aromatic heterocycles. The third-order valence-electron chi connectivity index (χ3n) is 5.21. The Morgan fingerprint density at radius 2 is 2.35 bits per heavy atom. The lowest BCUT2D eigenvalue weighted by Crippen LogP contribution is -2.50. The topological polar surface area (TPSA) is 36.1 Å². The van der Waals surface area contributed by atoms with Gasteiger partial charge in [-0.25, -0.2) is 0 Å². The second kappa shape index (κ2) is 4.45. The molecule has 3 atom stereocenters. The van der Waals surface area contributed by atoms with Crippen LogP contribution in [-0.4, -0.2) is 35.3 Å². The van der Waals surface area contributed by atoms with Crippen LogP contribution in [0.5, 0.6) is 0 Å². The summed E-state index contributed by atoms with van der Waals surface area (Å²) in [5.41, 5.74) is 4.13. The molecule has 2 aromatic rings. The summed E-state index contributed by atoms with van der Waals surface area (Å²) in [7, 11) is 0. The molecule has 4 rings (SSSR count). The van der Waals surface area contributed by atoms with Gasteiger partial charge in [0.2, 0.25) is 0 Å². The van der Waals surface area contributed by atoms with Crippen LogP contribution in [0, 0.1) is 5.92 Å². The van der Waals surface area contributed by atoms with Gasteiger partial charge < -0.3 is 9.78 Å². The van der Waals surface area contributed by atoms with Crippen molar-refractivity contribution in [2.45, 2.75) is 31.7 Å². The average molecular weight is 268 g/mol. The first-order valence-corrected chi connectivity index (χ1v) is 7.60. The highest BCUT2D eigenvalue weighted by Gasteiger charge is 2.39. The van der Waals surface area contributed by atoms with Gasteiger partial charge in [-0.2, -0.15) is 0 Å². The van der Waals surface area contributed by atoms with Crippen molar-refractivity contribution in [1.29, 1.82) is 0 Å². The normalized spacial score (nSPS) is 29.4. The monoisotopic (exact) mass is 268 g/mol. The number of piperidine rings is 1. The largest absolute Gasteiger partial charge is 0.361 e. The Balaban J connectivity index is 1.86. The Morgan fingerprint density at radius 1 is 1.45 bits per heavy atom. The maximum absolute atomic E-state index is 11.3. The van der Waals surface area contributed by atoms with E-state index < -0.39 is 0 Å². The zero-order chi connectivity index (χ0) is 13.7. The van der Waals surface area contributed by atoms with Crippen molar-refractivity contribution < 1.29 is 4.79 Å². The summed E-state index contributed by atoms with van der Waals surface area (Å²) in [5, 5.41) is 1.41. The fraction of sp³-hybridized carbons (Fsp3) is 0.471. The zero-order valence-electron chi connectivity index (χ0n) is 11.8. The number of nitrogens with one attached hydrogen (secondary N) is 1. The van der Waals surface area contributed by atoms with E-state index in [1.165, 1.54) is 22.0 Å². The third-order valence-corrected chi connectivity index (χ3v) is 5.21. The van der Waals surface area contributed by atoms with Gasteiger partial charge in [0.1, 0.15) is 6.29 Å². The summed E-state index contributed by atoms with van der Waals surface area (Å²) in [6.07, 6.45) is 5.45. The molecule has 1 saturated heterocycles. The molecule has 2 heterocycles. The van der Waals surface area contributed by atoms with Gasteiger partial charge in [0.05, 0.1) is 0 Å². The van der Waals surface area contributed by atoms with Crippen LogP contribution in [0.25, 0.3) is 10.9 Å². The lowest BCUT2D eigenvalue weighted by Gasteiger charge is -2.45. The van der Waals surface area contributed by atoms with Crippen molar-refractivity contribution in [3.05, 3.63) is 35.5 Å². The Kier molecular flexibility index (Phi) is 2.71. The fourth-order valence-electron chi connectivity index (χ4n) is 4.30. The number of likely N-dealkylation sites (tertiary alicyclic amines) is 1. The number of hydrogen-bond donors (Lipinski definition) is 1. The number of fused-ring (bicyclic) bond motifs is 2. The third kappa shape index (κ3) is 1.59. The van der Waals surface area contributed by atoms with E-state index in [4.69, 9.17) is 0 Å². The van der Waals surface area contributed by atoms with Crippen LogP contribution < -0.4 is 0 Å². The van der Waals surface area contributed by atoms with Crippen molar-refractivity contribution in [2.24, 2.45) is 5.92 Å². The Bertz CT molecular complexity index is 660. The van der Waals surface area contributed by atoms with Gasteiger partial charge in [0.15, 0.2) is 0 Å². The first-order valence-electron chi connectivity index (χ1n) is 7.60. The number of hydrogen-bond acceptors (Lipinski definition) is 2. The van der Waals surface area contributed by atoms with Crippen LogP contribution in [0.3, 0.4) is 0 Å². The molecule has 1 aromatic carbocycles. The van der Waals surface area contributed by atoms with E-state index in [-0.39, 0.29) is 5.92 Å². The number of H-pyrrole nitrogens is 1. The standard InChI is InChI=1S/C17H20N2O/c1-2-19-9-11(10-20)6-14-13-4-3-5-15-17(13)12(8-18-15)7-16(14)19/h3-5,8,10-11,14,16,18H,2,6-7,9H2,1H3/t11-,14?,16-/m1/s1. The molecule has 1 fully saturated rings. The zero-order valence-corrected chi connectivity index (χ0v) is 11.8. The molecule has 1 unspecified atom stereocenters. The molecule has 3 heteroatoms. The van der Waals surface area contributed by atoms with E-state index in [9.17, 15) is 4.79 Å². The van der Waals surface area contributed by atoms with Crippen molar-refractivity contribution in [2.75, 3.05) is 13.1 Å². The highest BCUT2D eigenvalue weighted by molar-refractivity contribution is 5.88. The number of rotatable bonds is 2. The molecule has 0 radical (unpaired) electrons. The van der Waals surface area contributed by atoms with Gasteiger partial charge in [0, 0.05) is 41.5 Å². The molecular weight excluding hydrogens is 248 g/mol. The smallest absolute Gasteiger partial charge is 0.124 e. The SMILES string of the molecule is CCN1C[C@H](C=O)CC2c3cccc4[nH]cc(c34)C[C@H]21. The Hall–Kier alpha value is -1.61. The summed E-state index contributed by atoms with van der Waals surface area (Å²) in [5.74, 6) is 0.692. The maximum Gasteiger partial charge on any atom is 0.124 e. The van der Waals surface area contributed by atoms with Crippen LogP contribution in [-0.2, 0) is 11.2 Å². The number of likely N-dealkylation sites (N-methyl/N-ethyl adjacent to an activating group) is 1. The van der Waals surface area contributed by atoms with Gasteiger partial charge in [-0.05, 0) is 36.6 Å². The number of carbonyl (C=O) groups excluding carboxylic acids is 1. The van der Waals surface area contributed by atoms with Crippen LogP contribution in [0.1, 0.15) is 30.4 Å². The highest BCUT2D eigenvalue weighted by Crippen LogP contribution is 2.44. The summed E-state index contributed by atoms with van der Waals surface area (Å²) in [4.78, 5) is 17.2. The highest BCUT2D eigenvalue weighted by atomic mass is 16.1. The van der Waals surface area contributed by atoms with E-state index >= 15 is 0 Å². The number of aromatic amines is 1. The van der Waals surface area contributed by atoms with Crippen molar-refractivity contribution in [3.63, 3.8) is 0 Å². The fourth-order valence-corrected chi connectivity index (χ4v) is 4.30. The summed E-state index contributed by atoms with van der Waals surface area (Å²) < 4.78 is 0. The maximum atomic E-state index is 11.3. The van der Waals surface area contributed by atoms with Crippen molar-refractivity contribution in [3.8, 4) is 0 Å². The van der Waals surface area contributed by atoms with Crippen molar-refractivity contribution in [1.82, 2.24) is 9.88 Å². The number of nitrogens with zero attached hydrogens (tertiary/aromatic N) is 1. The first kappa shape index (κ1) is 12.2. The molecule has 20 heavy (non-hydrogen) atoms. The van der Waals surface area contributed by atoms with E-state index in [0.29, 0.717) is 12.0 Å². The van der Waals surface area contributed by atoms with E-state index in [1.54, 1.807) is 0 Å². The van der Waals surface area contributed by atoms with Gasteiger partial charge in [-0.15, -0.1) is 0 Å². The second-order valence-corrected chi connectivity index (χ2v) is 6.18. The molecule has 1 N–H and O–H groups in total. The van der Waals surface area contributed by atoms with Gasteiger partial charge >= 0.3 is 0 Å². The predicted molar refractivity (Wildman–Crippen MR) is 79.9 cm³/mol. The second-order valence-electron chi connectivity index (χ2n) is 6.18. The van der Waals surface area contributed by atoms with Crippen LogP contribution in [0.4, 0.5) is 0 Å². The van der Waals surface area contributed by atoms with Gasteiger partial charge in [-0.1, -0.05) is 19.1 Å². The number of aromatic nitrogens is 1. The number of carbonyl (C=O) groups is 1. The molecular formula is C17H20N2O. The van der Waals surface area contributed by atoms with Gasteiger partial charge in [-0.3, -0.25) is 4.90 Å². The minimum atomic E-state index is 0.187. The molecule has 0 amide bonds. The van der Waals surface area contributed by atoms with E-state index in [2.05, 4.69) is 41.2 Å². The van der Waals surface area contributed by atoms with Crippen LogP contribution >= 0.6 is 0 Å². The molecule has 1 aliphatic carbocycles. The molecule has 3 nitrogen and oxygen atoms in total. The minimum Gasteiger partial charge on any atom is -0.361 e. The minimum absolute atomic E-state index is 0.187. The summed E-state index contributed by atoms with van der Waals surface area (Å²) in [6.45, 7) is 4.16. The predicted octanol–water partition coefficient (Wildman–Crippen LogP) is 2.72. The average Bonchev–Trinajstić information content (AvgIpc) is 2.91. The van der Waals surface area contributed by atoms with Crippen molar-refractivity contribution >= 4 is 17.2 Å².